The number of nitrogens with one attached hydrogen (secondary N) is 1. The first-order valence-electron chi connectivity index (χ1n) is 7.39. The maximum Gasteiger partial charge on any atom is 0.146 e. The molecule has 4 heteroatoms. The Kier molecular flexibility index (Phi) is 4.15. The fourth-order valence-electron chi connectivity index (χ4n) is 2.81. The average Bonchev–Trinajstić information content (AvgIpc) is 2.53. The van der Waals surface area contributed by atoms with Crippen LogP contribution in [0.5, 0.6) is 5.75 Å². The van der Waals surface area contributed by atoms with Crippen LogP contribution in [0.4, 0.5) is 4.39 Å². The number of para-hydroxylation sites is 1. The maximum atomic E-state index is 14.1. The van der Waals surface area contributed by atoms with E-state index in [2.05, 4.69) is 16.4 Å². The molecule has 3 rings (SSSR count). The topological polar surface area (TPSA) is 34.1 Å². The van der Waals surface area contributed by atoms with Gasteiger partial charge in [0, 0.05) is 11.8 Å². The van der Waals surface area contributed by atoms with Gasteiger partial charge in [-0.1, -0.05) is 25.1 Å². The minimum absolute atomic E-state index is 0.288. The molecule has 0 amide bonds. The van der Waals surface area contributed by atoms with E-state index in [0.29, 0.717) is 12.3 Å². The number of hydrogen-bond donors (Lipinski definition) is 1. The zero-order valence-electron chi connectivity index (χ0n) is 12.1. The van der Waals surface area contributed by atoms with Crippen molar-refractivity contribution in [1.82, 2.24) is 10.3 Å². The van der Waals surface area contributed by atoms with Crippen LogP contribution < -0.4 is 10.1 Å². The molecule has 1 aromatic heterocycles. The minimum atomic E-state index is -0.295. The van der Waals surface area contributed by atoms with E-state index >= 15 is 0 Å². The highest BCUT2D eigenvalue weighted by Crippen LogP contribution is 2.35. The van der Waals surface area contributed by atoms with E-state index in [1.807, 2.05) is 19.1 Å². The summed E-state index contributed by atoms with van der Waals surface area (Å²) < 4.78 is 20.0. The lowest BCUT2D eigenvalue weighted by Crippen LogP contribution is -2.25. The van der Waals surface area contributed by atoms with Crippen LogP contribution in [-0.4, -0.2) is 18.1 Å². The van der Waals surface area contributed by atoms with Crippen LogP contribution >= 0.6 is 0 Å². The third-order valence-corrected chi connectivity index (χ3v) is 3.74. The zero-order chi connectivity index (χ0) is 14.7. The summed E-state index contributed by atoms with van der Waals surface area (Å²) in [6.45, 7) is 3.45. The van der Waals surface area contributed by atoms with Crippen molar-refractivity contribution in [1.29, 1.82) is 0 Å². The summed E-state index contributed by atoms with van der Waals surface area (Å²) in [5, 5.41) is 3.32. The Morgan fingerprint density at radius 2 is 2.24 bits per heavy atom. The van der Waals surface area contributed by atoms with Crippen molar-refractivity contribution in [2.75, 3.05) is 13.2 Å². The first kappa shape index (κ1) is 14.0. The smallest absolute Gasteiger partial charge is 0.146 e. The molecule has 1 aliphatic heterocycles. The van der Waals surface area contributed by atoms with Crippen molar-refractivity contribution in [2.24, 2.45) is 0 Å². The van der Waals surface area contributed by atoms with Crippen LogP contribution in [0, 0.1) is 5.82 Å². The number of hydrogen-bond acceptors (Lipinski definition) is 3. The van der Waals surface area contributed by atoms with Crippen molar-refractivity contribution >= 4 is 0 Å². The largest absolute Gasteiger partial charge is 0.493 e. The van der Waals surface area contributed by atoms with E-state index < -0.39 is 0 Å². The molecule has 0 spiro atoms. The van der Waals surface area contributed by atoms with Gasteiger partial charge in [0.1, 0.15) is 11.6 Å². The van der Waals surface area contributed by atoms with Crippen LogP contribution in [-0.2, 0) is 6.42 Å². The highest BCUT2D eigenvalue weighted by atomic mass is 19.1. The molecule has 0 saturated heterocycles. The van der Waals surface area contributed by atoms with E-state index in [-0.39, 0.29) is 11.9 Å². The van der Waals surface area contributed by atoms with Crippen LogP contribution in [0.15, 0.2) is 36.5 Å². The Bertz CT molecular complexity index is 630. The standard InChI is InChI=1S/C17H19FN2O/c1-2-19-15(16-14(18)9-4-10-20-16)13-8-3-6-12-7-5-11-21-17(12)13/h3-4,6,8-10,15,19H,2,5,7,11H2,1H3. The zero-order valence-corrected chi connectivity index (χ0v) is 12.1. The average molecular weight is 286 g/mol. The Balaban J connectivity index is 2.08. The molecular weight excluding hydrogens is 267 g/mol. The van der Waals surface area contributed by atoms with Gasteiger partial charge in [0.05, 0.1) is 18.3 Å². The van der Waals surface area contributed by atoms with Crippen LogP contribution in [0.25, 0.3) is 0 Å². The second kappa shape index (κ2) is 6.22. The van der Waals surface area contributed by atoms with Crippen LogP contribution in [0.3, 0.4) is 0 Å². The number of aryl methyl sites for hydroxylation is 1. The van der Waals surface area contributed by atoms with Gasteiger partial charge in [0.2, 0.25) is 0 Å². The molecule has 3 nitrogen and oxygen atoms in total. The summed E-state index contributed by atoms with van der Waals surface area (Å²) in [6.07, 6.45) is 3.66. The summed E-state index contributed by atoms with van der Waals surface area (Å²) in [4.78, 5) is 4.23. The lowest BCUT2D eigenvalue weighted by Gasteiger charge is -2.25. The molecule has 2 heterocycles. The van der Waals surface area contributed by atoms with Crippen molar-refractivity contribution < 1.29 is 9.13 Å². The summed E-state index contributed by atoms with van der Waals surface area (Å²) in [6, 6.07) is 8.85. The summed E-state index contributed by atoms with van der Waals surface area (Å²) in [5.41, 5.74) is 2.58. The van der Waals surface area contributed by atoms with E-state index in [9.17, 15) is 4.39 Å². The Hall–Kier alpha value is -1.94. The first-order valence-corrected chi connectivity index (χ1v) is 7.39. The molecule has 0 radical (unpaired) electrons. The van der Waals surface area contributed by atoms with E-state index in [1.54, 1.807) is 12.3 Å². The van der Waals surface area contributed by atoms with Crippen LogP contribution in [0.2, 0.25) is 0 Å². The van der Waals surface area contributed by atoms with Gasteiger partial charge >= 0.3 is 0 Å². The number of aromatic nitrogens is 1. The molecule has 0 bridgehead atoms. The molecule has 21 heavy (non-hydrogen) atoms. The third kappa shape index (κ3) is 2.76. The Morgan fingerprint density at radius 1 is 1.33 bits per heavy atom. The third-order valence-electron chi connectivity index (χ3n) is 3.74. The van der Waals surface area contributed by atoms with Crippen molar-refractivity contribution in [3.05, 3.63) is 59.2 Å². The van der Waals surface area contributed by atoms with Gasteiger partial charge in [-0.05, 0) is 37.1 Å². The summed E-state index contributed by atoms with van der Waals surface area (Å²) in [7, 11) is 0. The lowest BCUT2D eigenvalue weighted by molar-refractivity contribution is 0.282. The number of rotatable bonds is 4. The van der Waals surface area contributed by atoms with Gasteiger partial charge in [-0.25, -0.2) is 4.39 Å². The summed E-state index contributed by atoms with van der Waals surface area (Å²) in [5.74, 6) is 0.594. The summed E-state index contributed by atoms with van der Waals surface area (Å²) >= 11 is 0. The van der Waals surface area contributed by atoms with E-state index in [0.717, 1.165) is 30.7 Å². The fourth-order valence-corrected chi connectivity index (χ4v) is 2.81. The molecule has 1 atom stereocenters. The highest BCUT2D eigenvalue weighted by Gasteiger charge is 2.24. The van der Waals surface area contributed by atoms with Gasteiger partial charge < -0.3 is 10.1 Å². The molecular formula is C17H19FN2O. The number of fused-ring (bicyclic) bond motifs is 1. The van der Waals surface area contributed by atoms with Gasteiger partial charge in [-0.15, -0.1) is 0 Å². The van der Waals surface area contributed by atoms with Crippen LogP contribution in [0.1, 0.15) is 36.2 Å². The van der Waals surface area contributed by atoms with E-state index in [1.165, 1.54) is 11.6 Å². The van der Waals surface area contributed by atoms with Gasteiger partial charge in [-0.3, -0.25) is 4.98 Å². The molecule has 1 unspecified atom stereocenters. The van der Waals surface area contributed by atoms with Gasteiger partial charge in [0.25, 0.3) is 0 Å². The van der Waals surface area contributed by atoms with Crippen molar-refractivity contribution in [2.45, 2.75) is 25.8 Å². The number of benzene rings is 1. The Morgan fingerprint density at radius 3 is 3.05 bits per heavy atom. The molecule has 0 fully saturated rings. The molecule has 110 valence electrons. The number of nitrogens with zero attached hydrogens (tertiary/aromatic N) is 1. The second-order valence-electron chi connectivity index (χ2n) is 5.15. The number of ether oxygens (including phenoxy) is 1. The number of pyridine rings is 1. The normalized spacial score (nSPS) is 15.1. The van der Waals surface area contributed by atoms with E-state index in [4.69, 9.17) is 4.74 Å². The predicted octanol–water partition coefficient (Wildman–Crippen LogP) is 3.24. The SMILES string of the molecule is CCNC(c1cccc2c1OCCC2)c1ncccc1F. The van der Waals surface area contributed by atoms with Gasteiger partial charge in [-0.2, -0.15) is 0 Å². The molecule has 1 N–H and O–H groups in total. The lowest BCUT2D eigenvalue weighted by atomic mass is 9.95. The van der Waals surface area contributed by atoms with Gasteiger partial charge in [0.15, 0.2) is 0 Å². The molecule has 0 saturated carbocycles. The van der Waals surface area contributed by atoms with Crippen molar-refractivity contribution in [3.8, 4) is 5.75 Å². The minimum Gasteiger partial charge on any atom is -0.493 e. The molecule has 2 aromatic rings. The quantitative estimate of drug-likeness (QED) is 0.937. The second-order valence-corrected chi connectivity index (χ2v) is 5.15. The monoisotopic (exact) mass is 286 g/mol. The Labute approximate surface area is 124 Å². The van der Waals surface area contributed by atoms with Crippen molar-refractivity contribution in [3.63, 3.8) is 0 Å². The number of halogens is 1. The fraction of sp³-hybridized carbons (Fsp3) is 0.353. The molecule has 1 aliphatic rings. The molecule has 1 aromatic carbocycles. The maximum absolute atomic E-state index is 14.1. The highest BCUT2D eigenvalue weighted by molar-refractivity contribution is 5.47. The molecule has 0 aliphatic carbocycles. The first-order chi connectivity index (χ1) is 10.3. The predicted molar refractivity (Wildman–Crippen MR) is 80.0 cm³/mol.